The number of ether oxygens (including phenoxy) is 4. The Hall–Kier alpha value is -3.05. The number of carboxylic acid groups (broad SMARTS) is 1. The average molecular weight is 667 g/mol. The van der Waals surface area contributed by atoms with E-state index >= 15 is 0 Å². The summed E-state index contributed by atoms with van der Waals surface area (Å²) < 4.78 is 22.7. The molecule has 0 unspecified atom stereocenters. The average Bonchev–Trinajstić information content (AvgIpc) is 2.97. The van der Waals surface area contributed by atoms with E-state index in [1.807, 2.05) is 18.2 Å². The van der Waals surface area contributed by atoms with Gasteiger partial charge in [0.1, 0.15) is 5.60 Å². The van der Waals surface area contributed by atoms with Crippen LogP contribution in [-0.2, 0) is 25.5 Å². The summed E-state index contributed by atoms with van der Waals surface area (Å²) in [5.41, 5.74) is 0.307. The molecule has 0 saturated carbocycles. The summed E-state index contributed by atoms with van der Waals surface area (Å²) in [6.07, 6.45) is 3.54. The van der Waals surface area contributed by atoms with E-state index < -0.39 is 35.7 Å². The van der Waals surface area contributed by atoms with Crippen LogP contribution in [-0.4, -0.2) is 79.4 Å². The third-order valence-corrected chi connectivity index (χ3v) is 7.84. The molecule has 0 spiro atoms. The second kappa shape index (κ2) is 22.5. The first kappa shape index (κ1) is 42.0. The van der Waals surface area contributed by atoms with Gasteiger partial charge in [0, 0.05) is 39.0 Å². The van der Waals surface area contributed by atoms with E-state index in [0.717, 1.165) is 18.4 Å². The molecule has 0 fully saturated rings. The second-order valence-corrected chi connectivity index (χ2v) is 13.7. The molecule has 0 radical (unpaired) electrons. The van der Waals surface area contributed by atoms with Gasteiger partial charge < -0.3 is 39.8 Å². The first-order chi connectivity index (χ1) is 22.2. The lowest BCUT2D eigenvalue weighted by atomic mass is 9.82. The highest BCUT2D eigenvalue weighted by Gasteiger charge is 2.31. The molecule has 0 aliphatic carbocycles. The number of aliphatic hydroxyl groups is 1. The van der Waals surface area contributed by atoms with Crippen molar-refractivity contribution in [3.05, 3.63) is 23.8 Å². The highest BCUT2D eigenvalue weighted by molar-refractivity contribution is 5.78. The predicted octanol–water partition coefficient (Wildman–Crippen LogP) is 6.14. The Balaban J connectivity index is 3.16. The molecule has 47 heavy (non-hydrogen) atoms. The molecule has 0 saturated heterocycles. The van der Waals surface area contributed by atoms with Crippen molar-refractivity contribution in [2.45, 2.75) is 124 Å². The normalized spacial score (nSPS) is 14.2. The Morgan fingerprint density at radius 3 is 2.21 bits per heavy atom. The molecule has 0 aromatic heterocycles. The number of aliphatic hydroxyl groups excluding tert-OH is 1. The molecule has 11 nitrogen and oxygen atoms in total. The van der Waals surface area contributed by atoms with Crippen molar-refractivity contribution in [3.63, 3.8) is 0 Å². The van der Waals surface area contributed by atoms with E-state index in [1.54, 1.807) is 34.8 Å². The maximum atomic E-state index is 12.9. The number of benzene rings is 1. The summed E-state index contributed by atoms with van der Waals surface area (Å²) in [6, 6.07) is 5.19. The number of alkyl carbamates (subject to hydrolysis) is 1. The fourth-order valence-electron chi connectivity index (χ4n) is 5.04. The van der Waals surface area contributed by atoms with Crippen molar-refractivity contribution < 1.29 is 43.5 Å². The van der Waals surface area contributed by atoms with Crippen LogP contribution in [0.15, 0.2) is 18.2 Å². The molecular formula is C36H62N2O9. The summed E-state index contributed by atoms with van der Waals surface area (Å²) in [5, 5.41) is 26.1. The van der Waals surface area contributed by atoms with Crippen LogP contribution in [0.25, 0.3) is 0 Å². The Morgan fingerprint density at radius 1 is 0.915 bits per heavy atom. The van der Waals surface area contributed by atoms with Gasteiger partial charge in [0.2, 0.25) is 5.91 Å². The van der Waals surface area contributed by atoms with Crippen LogP contribution in [0.5, 0.6) is 11.5 Å². The van der Waals surface area contributed by atoms with Gasteiger partial charge in [-0.2, -0.15) is 0 Å². The van der Waals surface area contributed by atoms with Crippen LogP contribution in [0, 0.1) is 17.8 Å². The molecule has 11 heteroatoms. The van der Waals surface area contributed by atoms with Gasteiger partial charge in [-0.05, 0) is 88.8 Å². The molecule has 1 rings (SSSR count). The van der Waals surface area contributed by atoms with Crippen molar-refractivity contribution in [1.29, 1.82) is 0 Å². The highest BCUT2D eigenvalue weighted by atomic mass is 16.6. The lowest BCUT2D eigenvalue weighted by Crippen LogP contribution is -2.48. The molecule has 1 aromatic carbocycles. The quantitative estimate of drug-likeness (QED) is 0.0954. The first-order valence-electron chi connectivity index (χ1n) is 17.2. The first-order valence-corrected chi connectivity index (χ1v) is 17.2. The van der Waals surface area contributed by atoms with Crippen LogP contribution < -0.4 is 20.1 Å². The molecule has 4 N–H and O–H groups in total. The van der Waals surface area contributed by atoms with Crippen LogP contribution in [0.4, 0.5) is 4.79 Å². The monoisotopic (exact) mass is 666 g/mol. The third kappa shape index (κ3) is 18.8. The summed E-state index contributed by atoms with van der Waals surface area (Å²) in [6.45, 7) is 15.4. The van der Waals surface area contributed by atoms with E-state index in [-0.39, 0.29) is 30.6 Å². The van der Waals surface area contributed by atoms with E-state index in [4.69, 9.17) is 24.1 Å². The van der Waals surface area contributed by atoms with Crippen LogP contribution in [0.1, 0.15) is 105 Å². The zero-order valence-electron chi connectivity index (χ0n) is 30.1. The van der Waals surface area contributed by atoms with Gasteiger partial charge in [-0.25, -0.2) is 4.79 Å². The minimum absolute atomic E-state index is 0.0578. The smallest absolute Gasteiger partial charge is 0.407 e. The van der Waals surface area contributed by atoms with E-state index in [9.17, 15) is 19.5 Å². The van der Waals surface area contributed by atoms with Gasteiger partial charge in [-0.3, -0.25) is 9.59 Å². The molecule has 270 valence electrons. The zero-order chi connectivity index (χ0) is 35.4. The number of aliphatic carboxylic acids is 1. The predicted molar refractivity (Wildman–Crippen MR) is 183 cm³/mol. The maximum Gasteiger partial charge on any atom is 0.407 e. The Kier molecular flexibility index (Phi) is 20.1. The van der Waals surface area contributed by atoms with Crippen molar-refractivity contribution in [1.82, 2.24) is 10.6 Å². The summed E-state index contributed by atoms with van der Waals surface area (Å²) in [5.74, 6) is 0.0839. The Labute approximate surface area is 282 Å². The minimum atomic E-state index is -0.965. The molecule has 0 bridgehead atoms. The fraction of sp³-hybridized carbons (Fsp3) is 0.750. The van der Waals surface area contributed by atoms with Crippen LogP contribution in [0.2, 0.25) is 0 Å². The van der Waals surface area contributed by atoms with Gasteiger partial charge in [-0.1, -0.05) is 40.2 Å². The largest absolute Gasteiger partial charge is 0.490 e. The fourth-order valence-corrected chi connectivity index (χ4v) is 5.04. The standard InChI is InChI=1S/C36H62N2O9/c1-9-10-17-37-34(42)26(4)21-30(39)29(38-35(43)47-36(5,6)7)24-28(25(2)3)22-27-15-16-31(45-19-12-11-14-33(40)41)32(23-27)46-20-13-18-44-8/h15-16,23,25-26,28-30,39H,9-14,17-22,24H2,1-8H3,(H,37,42)(H,38,43)(H,40,41)/t26-,28+,29+,30+/m1/s1. The lowest BCUT2D eigenvalue weighted by molar-refractivity contribution is -0.137. The van der Waals surface area contributed by atoms with E-state index in [0.29, 0.717) is 70.0 Å². The molecular weight excluding hydrogens is 604 g/mol. The number of amides is 2. The second-order valence-electron chi connectivity index (χ2n) is 13.7. The SMILES string of the molecule is CCCCNC(=O)[C@H](C)C[C@H](O)[C@H](C[C@H](Cc1ccc(OCCCCC(=O)O)c(OCCCOC)c1)C(C)C)NC(=O)OC(C)(C)C. The van der Waals surface area contributed by atoms with Crippen LogP contribution in [0.3, 0.4) is 0 Å². The van der Waals surface area contributed by atoms with Crippen molar-refractivity contribution in [3.8, 4) is 11.5 Å². The van der Waals surface area contributed by atoms with Gasteiger partial charge in [0.05, 0.1) is 25.4 Å². The number of carbonyl (C=O) groups excluding carboxylic acids is 2. The number of carbonyl (C=O) groups is 3. The molecule has 0 aliphatic rings. The Morgan fingerprint density at radius 2 is 1.60 bits per heavy atom. The Bertz CT molecular complexity index is 1060. The van der Waals surface area contributed by atoms with Gasteiger partial charge in [-0.15, -0.1) is 0 Å². The maximum absolute atomic E-state index is 12.9. The van der Waals surface area contributed by atoms with E-state index in [2.05, 4.69) is 31.4 Å². The summed E-state index contributed by atoms with van der Waals surface area (Å²) >= 11 is 0. The van der Waals surface area contributed by atoms with Gasteiger partial charge in [0.25, 0.3) is 0 Å². The number of hydrogen-bond donors (Lipinski definition) is 4. The molecule has 2 amide bonds. The zero-order valence-corrected chi connectivity index (χ0v) is 30.1. The van der Waals surface area contributed by atoms with Crippen molar-refractivity contribution in [2.24, 2.45) is 17.8 Å². The topological polar surface area (TPSA) is 153 Å². The number of unbranched alkanes of at least 4 members (excludes halogenated alkanes) is 2. The number of hydrogen-bond acceptors (Lipinski definition) is 8. The summed E-state index contributed by atoms with van der Waals surface area (Å²) in [4.78, 5) is 36.4. The highest BCUT2D eigenvalue weighted by Crippen LogP contribution is 2.32. The molecule has 0 aliphatic heterocycles. The van der Waals surface area contributed by atoms with Gasteiger partial charge in [0.15, 0.2) is 11.5 Å². The number of carboxylic acids is 1. The number of methoxy groups -OCH3 is 1. The minimum Gasteiger partial charge on any atom is -0.490 e. The number of rotatable bonds is 24. The number of nitrogens with one attached hydrogen (secondary N) is 2. The molecule has 0 heterocycles. The van der Waals surface area contributed by atoms with E-state index in [1.165, 1.54) is 0 Å². The van der Waals surface area contributed by atoms with Crippen molar-refractivity contribution in [2.75, 3.05) is 33.5 Å². The molecule has 4 atom stereocenters. The third-order valence-electron chi connectivity index (χ3n) is 7.84. The van der Waals surface area contributed by atoms with Crippen molar-refractivity contribution >= 4 is 18.0 Å². The van der Waals surface area contributed by atoms with Crippen LogP contribution >= 0.6 is 0 Å². The van der Waals surface area contributed by atoms with Gasteiger partial charge >= 0.3 is 12.1 Å². The summed E-state index contributed by atoms with van der Waals surface area (Å²) in [7, 11) is 1.64. The lowest BCUT2D eigenvalue weighted by Gasteiger charge is -2.32. The molecule has 1 aromatic rings.